The van der Waals surface area contributed by atoms with Gasteiger partial charge in [0, 0.05) is 25.5 Å². The number of nitrogens with zero attached hydrogens (tertiary/aromatic N) is 3. The second-order valence-electron chi connectivity index (χ2n) is 4.73. The first kappa shape index (κ1) is 12.6. The number of fused-ring (bicyclic) bond motifs is 1. The molecule has 0 atom stereocenters. The number of imidazole rings is 1. The zero-order chi connectivity index (χ0) is 11.9. The van der Waals surface area contributed by atoms with Crippen LogP contribution < -0.4 is 5.32 Å². The second-order valence-corrected chi connectivity index (χ2v) is 4.73. The third-order valence-electron chi connectivity index (χ3n) is 3.40. The molecule has 1 aliphatic heterocycles. The quantitative estimate of drug-likeness (QED) is 0.728. The van der Waals surface area contributed by atoms with Crippen LogP contribution in [0.4, 0.5) is 0 Å². The van der Waals surface area contributed by atoms with Crippen molar-refractivity contribution in [3.8, 4) is 0 Å². The smallest absolute Gasteiger partial charge is 0.122 e. The maximum atomic E-state index is 4.39. The molecule has 17 heavy (non-hydrogen) atoms. The fourth-order valence-electron chi connectivity index (χ4n) is 2.35. The zero-order valence-corrected chi connectivity index (χ0v) is 10.9. The van der Waals surface area contributed by atoms with Crippen molar-refractivity contribution in [1.29, 1.82) is 0 Å². The fraction of sp³-hybridized carbons (Fsp3) is 0.769. The lowest BCUT2D eigenvalue weighted by molar-refractivity contribution is 0.212. The Morgan fingerprint density at radius 2 is 2.24 bits per heavy atom. The van der Waals surface area contributed by atoms with Crippen LogP contribution in [0.3, 0.4) is 0 Å². The van der Waals surface area contributed by atoms with Crippen LogP contribution >= 0.6 is 0 Å². The van der Waals surface area contributed by atoms with Crippen LogP contribution in [0.5, 0.6) is 0 Å². The monoisotopic (exact) mass is 236 g/mol. The summed E-state index contributed by atoms with van der Waals surface area (Å²) in [6, 6.07) is 0. The molecule has 2 rings (SSSR count). The summed E-state index contributed by atoms with van der Waals surface area (Å²) in [5.41, 5.74) is 0. The van der Waals surface area contributed by atoms with Crippen LogP contribution in [0.25, 0.3) is 0 Å². The van der Waals surface area contributed by atoms with Gasteiger partial charge in [-0.2, -0.15) is 0 Å². The Hall–Kier alpha value is -0.870. The third kappa shape index (κ3) is 3.82. The van der Waals surface area contributed by atoms with Crippen molar-refractivity contribution in [3.63, 3.8) is 0 Å². The first-order chi connectivity index (χ1) is 8.40. The van der Waals surface area contributed by atoms with Crippen LogP contribution in [0.1, 0.15) is 32.0 Å². The molecule has 0 radical (unpaired) electrons. The Bertz CT molecular complexity index is 321. The van der Waals surface area contributed by atoms with E-state index >= 15 is 0 Å². The Morgan fingerprint density at radius 3 is 3.12 bits per heavy atom. The highest BCUT2D eigenvalue weighted by molar-refractivity contribution is 4.95. The molecule has 1 aromatic heterocycles. The summed E-state index contributed by atoms with van der Waals surface area (Å²) in [4.78, 5) is 6.91. The third-order valence-corrected chi connectivity index (χ3v) is 3.40. The largest absolute Gasteiger partial charge is 0.333 e. The molecular weight excluding hydrogens is 212 g/mol. The van der Waals surface area contributed by atoms with Gasteiger partial charge in [-0.05, 0) is 32.5 Å². The predicted molar refractivity (Wildman–Crippen MR) is 69.9 cm³/mol. The van der Waals surface area contributed by atoms with E-state index in [2.05, 4.69) is 32.9 Å². The van der Waals surface area contributed by atoms with Gasteiger partial charge < -0.3 is 9.88 Å². The number of rotatable bonds is 7. The minimum absolute atomic E-state index is 1.03. The minimum atomic E-state index is 1.03. The number of unbranched alkanes of at least 4 members (excludes halogenated alkanes) is 2. The number of nitrogens with one attached hydrogen (secondary N) is 1. The van der Waals surface area contributed by atoms with Crippen molar-refractivity contribution < 1.29 is 0 Å². The maximum Gasteiger partial charge on any atom is 0.122 e. The topological polar surface area (TPSA) is 33.1 Å². The Kier molecular flexibility index (Phi) is 5.01. The van der Waals surface area contributed by atoms with Crippen molar-refractivity contribution in [3.05, 3.63) is 18.2 Å². The lowest BCUT2D eigenvalue weighted by Crippen LogP contribution is -2.34. The van der Waals surface area contributed by atoms with E-state index in [1.165, 1.54) is 44.7 Å². The van der Waals surface area contributed by atoms with Gasteiger partial charge in [0.25, 0.3) is 0 Å². The van der Waals surface area contributed by atoms with Crippen LogP contribution in [0.15, 0.2) is 12.4 Å². The van der Waals surface area contributed by atoms with Gasteiger partial charge in [0.2, 0.25) is 0 Å². The molecule has 0 amide bonds. The van der Waals surface area contributed by atoms with Gasteiger partial charge in [-0.25, -0.2) is 4.98 Å². The fourth-order valence-corrected chi connectivity index (χ4v) is 2.35. The van der Waals surface area contributed by atoms with E-state index in [-0.39, 0.29) is 0 Å². The summed E-state index contributed by atoms with van der Waals surface area (Å²) >= 11 is 0. The summed E-state index contributed by atoms with van der Waals surface area (Å²) in [5.74, 6) is 1.23. The average molecular weight is 236 g/mol. The summed E-state index contributed by atoms with van der Waals surface area (Å²) < 4.78 is 2.27. The SMILES string of the molecule is CCNCCCCCN1CCn2ccnc2C1. The molecule has 2 heterocycles. The molecule has 96 valence electrons. The van der Waals surface area contributed by atoms with E-state index in [1.807, 2.05) is 6.20 Å². The van der Waals surface area contributed by atoms with Crippen molar-refractivity contribution in [2.24, 2.45) is 0 Å². The minimum Gasteiger partial charge on any atom is -0.333 e. The van der Waals surface area contributed by atoms with Crippen LogP contribution in [-0.4, -0.2) is 40.6 Å². The van der Waals surface area contributed by atoms with E-state index in [9.17, 15) is 0 Å². The standard InChI is InChI=1S/C13H24N4/c1-2-14-6-4-3-5-8-16-10-11-17-9-7-15-13(17)12-16/h7,9,14H,2-6,8,10-12H2,1H3. The van der Waals surface area contributed by atoms with Gasteiger partial charge in [-0.1, -0.05) is 13.3 Å². The Morgan fingerprint density at radius 1 is 1.29 bits per heavy atom. The van der Waals surface area contributed by atoms with Gasteiger partial charge >= 0.3 is 0 Å². The molecule has 1 aromatic rings. The number of hydrogen-bond donors (Lipinski definition) is 1. The predicted octanol–water partition coefficient (Wildman–Crippen LogP) is 1.48. The number of aromatic nitrogens is 2. The van der Waals surface area contributed by atoms with Crippen LogP contribution in [-0.2, 0) is 13.1 Å². The highest BCUT2D eigenvalue weighted by Gasteiger charge is 2.15. The van der Waals surface area contributed by atoms with E-state index < -0.39 is 0 Å². The first-order valence-electron chi connectivity index (χ1n) is 6.83. The first-order valence-corrected chi connectivity index (χ1v) is 6.83. The molecule has 4 heteroatoms. The zero-order valence-electron chi connectivity index (χ0n) is 10.9. The molecule has 0 fully saturated rings. The molecule has 1 aliphatic rings. The van der Waals surface area contributed by atoms with Crippen LogP contribution in [0.2, 0.25) is 0 Å². The average Bonchev–Trinajstić information content (AvgIpc) is 2.81. The van der Waals surface area contributed by atoms with E-state index in [1.54, 1.807) is 0 Å². The lowest BCUT2D eigenvalue weighted by Gasteiger charge is -2.27. The molecule has 0 unspecified atom stereocenters. The van der Waals surface area contributed by atoms with Gasteiger partial charge in [-0.15, -0.1) is 0 Å². The molecular formula is C13H24N4. The molecule has 4 nitrogen and oxygen atoms in total. The Labute approximate surface area is 104 Å². The molecule has 0 saturated carbocycles. The maximum absolute atomic E-state index is 4.39. The van der Waals surface area contributed by atoms with Gasteiger partial charge in [0.15, 0.2) is 0 Å². The van der Waals surface area contributed by atoms with E-state index in [4.69, 9.17) is 0 Å². The van der Waals surface area contributed by atoms with Gasteiger partial charge in [-0.3, -0.25) is 4.90 Å². The van der Waals surface area contributed by atoms with Crippen LogP contribution in [0, 0.1) is 0 Å². The summed E-state index contributed by atoms with van der Waals surface area (Å²) in [5, 5.41) is 3.37. The molecule has 1 N–H and O–H groups in total. The summed E-state index contributed by atoms with van der Waals surface area (Å²) in [7, 11) is 0. The molecule has 0 spiro atoms. The normalized spacial score (nSPS) is 16.1. The molecule has 0 aliphatic carbocycles. The molecule has 0 bridgehead atoms. The lowest BCUT2D eigenvalue weighted by atomic mass is 10.2. The van der Waals surface area contributed by atoms with Crippen molar-refractivity contribution in [2.45, 2.75) is 39.3 Å². The van der Waals surface area contributed by atoms with Crippen molar-refractivity contribution in [2.75, 3.05) is 26.2 Å². The summed E-state index contributed by atoms with van der Waals surface area (Å²) in [6.07, 6.45) is 7.94. The van der Waals surface area contributed by atoms with E-state index in [0.717, 1.165) is 19.6 Å². The van der Waals surface area contributed by atoms with Crippen molar-refractivity contribution >= 4 is 0 Å². The van der Waals surface area contributed by atoms with Crippen molar-refractivity contribution in [1.82, 2.24) is 19.8 Å². The summed E-state index contributed by atoms with van der Waals surface area (Å²) in [6.45, 7) is 8.95. The molecule has 0 aromatic carbocycles. The highest BCUT2D eigenvalue weighted by Crippen LogP contribution is 2.11. The molecule has 0 saturated heterocycles. The Balaban J connectivity index is 1.59. The number of hydrogen-bond acceptors (Lipinski definition) is 3. The second kappa shape index (κ2) is 6.77. The van der Waals surface area contributed by atoms with E-state index in [0.29, 0.717) is 0 Å². The van der Waals surface area contributed by atoms with Gasteiger partial charge in [0.1, 0.15) is 5.82 Å². The van der Waals surface area contributed by atoms with Gasteiger partial charge in [0.05, 0.1) is 6.54 Å². The highest BCUT2D eigenvalue weighted by atomic mass is 15.2.